The van der Waals surface area contributed by atoms with Crippen LogP contribution in [0.1, 0.15) is 66.1 Å². The van der Waals surface area contributed by atoms with E-state index in [1.807, 2.05) is 30.3 Å². The van der Waals surface area contributed by atoms with E-state index in [1.54, 1.807) is 41.5 Å². The molecular formula is C22H32O6. The van der Waals surface area contributed by atoms with Crippen LogP contribution >= 0.6 is 0 Å². The number of esters is 2. The van der Waals surface area contributed by atoms with Gasteiger partial charge in [0.25, 0.3) is 0 Å². The summed E-state index contributed by atoms with van der Waals surface area (Å²) in [6.07, 6.45) is -0.323. The highest BCUT2D eigenvalue weighted by molar-refractivity contribution is 5.86. The zero-order valence-electron chi connectivity index (χ0n) is 17.7. The van der Waals surface area contributed by atoms with E-state index in [9.17, 15) is 14.7 Å². The molecule has 28 heavy (non-hydrogen) atoms. The van der Waals surface area contributed by atoms with Gasteiger partial charge in [0.15, 0.2) is 5.60 Å². The van der Waals surface area contributed by atoms with Gasteiger partial charge in [-0.1, -0.05) is 30.3 Å². The van der Waals surface area contributed by atoms with Gasteiger partial charge in [-0.05, 0) is 53.5 Å². The Kier molecular flexibility index (Phi) is 6.56. The highest BCUT2D eigenvalue weighted by atomic mass is 16.6. The lowest BCUT2D eigenvalue weighted by Gasteiger charge is -2.34. The molecule has 0 spiro atoms. The van der Waals surface area contributed by atoms with Crippen molar-refractivity contribution in [1.29, 1.82) is 0 Å². The van der Waals surface area contributed by atoms with Crippen molar-refractivity contribution in [2.75, 3.05) is 6.61 Å². The molecule has 0 radical (unpaired) electrons. The molecule has 0 amide bonds. The van der Waals surface area contributed by atoms with Gasteiger partial charge in [0.2, 0.25) is 0 Å². The summed E-state index contributed by atoms with van der Waals surface area (Å²) in [5.41, 5.74) is -2.56. The molecule has 6 nitrogen and oxygen atoms in total. The van der Waals surface area contributed by atoms with Gasteiger partial charge < -0.3 is 19.3 Å². The topological polar surface area (TPSA) is 82.1 Å². The molecule has 0 bridgehead atoms. The molecule has 1 saturated heterocycles. The summed E-state index contributed by atoms with van der Waals surface area (Å²) in [5.74, 6) is -2.06. The predicted octanol–water partition coefficient (Wildman–Crippen LogP) is 3.57. The fourth-order valence-electron chi connectivity index (χ4n) is 3.21. The van der Waals surface area contributed by atoms with E-state index in [0.717, 1.165) is 5.56 Å². The van der Waals surface area contributed by atoms with Crippen LogP contribution in [0.3, 0.4) is 0 Å². The Morgan fingerprint density at radius 3 is 2.14 bits per heavy atom. The fraction of sp³-hybridized carbons (Fsp3) is 0.636. The summed E-state index contributed by atoms with van der Waals surface area (Å²) < 4.78 is 16.6. The molecule has 2 rings (SSSR count). The number of rotatable bonds is 5. The molecule has 6 heteroatoms. The van der Waals surface area contributed by atoms with Gasteiger partial charge >= 0.3 is 11.9 Å². The minimum atomic E-state index is -2.01. The highest BCUT2D eigenvalue weighted by Crippen LogP contribution is 2.40. The molecule has 0 saturated carbocycles. The summed E-state index contributed by atoms with van der Waals surface area (Å²) in [7, 11) is 0. The Morgan fingerprint density at radius 1 is 1.04 bits per heavy atom. The fourth-order valence-corrected chi connectivity index (χ4v) is 3.21. The van der Waals surface area contributed by atoms with Gasteiger partial charge in [-0.15, -0.1) is 0 Å². The monoisotopic (exact) mass is 392 g/mol. The molecular weight excluding hydrogens is 360 g/mol. The van der Waals surface area contributed by atoms with Crippen LogP contribution in [0.5, 0.6) is 0 Å². The lowest BCUT2D eigenvalue weighted by atomic mass is 9.81. The molecule has 1 aliphatic rings. The third-order valence-electron chi connectivity index (χ3n) is 4.43. The molecule has 1 aromatic rings. The first-order valence-electron chi connectivity index (χ1n) is 9.64. The third kappa shape index (κ3) is 6.04. The number of hydrogen-bond donors (Lipinski definition) is 1. The molecule has 1 N–H and O–H groups in total. The zero-order chi connectivity index (χ0) is 21.2. The summed E-state index contributed by atoms with van der Waals surface area (Å²) >= 11 is 0. The summed E-state index contributed by atoms with van der Waals surface area (Å²) in [5, 5.41) is 11.3. The first-order chi connectivity index (χ1) is 12.8. The van der Waals surface area contributed by atoms with Crippen LogP contribution < -0.4 is 0 Å². The average molecular weight is 392 g/mol. The second-order valence-corrected chi connectivity index (χ2v) is 9.35. The number of hydrogen-bond acceptors (Lipinski definition) is 6. The molecule has 3 atom stereocenters. The maximum absolute atomic E-state index is 12.9. The Balaban J connectivity index is 2.23. The lowest BCUT2D eigenvalue weighted by Crippen LogP contribution is -2.51. The van der Waals surface area contributed by atoms with Gasteiger partial charge in [-0.3, -0.25) is 4.79 Å². The average Bonchev–Trinajstić information content (AvgIpc) is 3.02. The van der Waals surface area contributed by atoms with Gasteiger partial charge in [-0.25, -0.2) is 4.79 Å². The van der Waals surface area contributed by atoms with E-state index in [0.29, 0.717) is 6.42 Å². The Morgan fingerprint density at radius 2 is 1.61 bits per heavy atom. The lowest BCUT2D eigenvalue weighted by molar-refractivity contribution is -0.191. The van der Waals surface area contributed by atoms with Crippen molar-refractivity contribution in [3.05, 3.63) is 35.9 Å². The molecule has 1 aromatic carbocycles. The van der Waals surface area contributed by atoms with E-state index < -0.39 is 41.1 Å². The minimum absolute atomic E-state index is 0.151. The van der Waals surface area contributed by atoms with Crippen molar-refractivity contribution in [3.63, 3.8) is 0 Å². The number of benzene rings is 1. The van der Waals surface area contributed by atoms with Crippen molar-refractivity contribution in [3.8, 4) is 0 Å². The highest BCUT2D eigenvalue weighted by Gasteiger charge is 2.52. The number of aliphatic hydroxyl groups is 1. The van der Waals surface area contributed by atoms with Gasteiger partial charge in [0.1, 0.15) is 11.2 Å². The van der Waals surface area contributed by atoms with Crippen LogP contribution in [-0.4, -0.2) is 40.5 Å². The summed E-state index contributed by atoms with van der Waals surface area (Å²) in [4.78, 5) is 25.3. The van der Waals surface area contributed by atoms with Gasteiger partial charge in [0.05, 0.1) is 19.1 Å². The Labute approximate surface area is 167 Å². The molecule has 1 fully saturated rings. The quantitative estimate of drug-likeness (QED) is 0.772. The van der Waals surface area contributed by atoms with E-state index in [1.165, 1.54) is 0 Å². The van der Waals surface area contributed by atoms with Crippen LogP contribution in [0.15, 0.2) is 30.3 Å². The van der Waals surface area contributed by atoms with Crippen molar-refractivity contribution in [2.45, 2.75) is 77.3 Å². The Hall–Kier alpha value is -1.92. The molecule has 1 aliphatic heterocycles. The number of carbonyl (C=O) groups excluding carboxylic acids is 2. The van der Waals surface area contributed by atoms with E-state index in [4.69, 9.17) is 14.2 Å². The molecule has 156 valence electrons. The summed E-state index contributed by atoms with van der Waals surface area (Å²) in [6, 6.07) is 9.61. The van der Waals surface area contributed by atoms with E-state index in [-0.39, 0.29) is 12.7 Å². The second kappa shape index (κ2) is 8.21. The first-order valence-corrected chi connectivity index (χ1v) is 9.64. The molecule has 0 aromatic heterocycles. The minimum Gasteiger partial charge on any atom is -0.460 e. The third-order valence-corrected chi connectivity index (χ3v) is 4.43. The molecule has 0 unspecified atom stereocenters. The normalized spacial score (nSPS) is 22.4. The van der Waals surface area contributed by atoms with Crippen LogP contribution in [0.2, 0.25) is 0 Å². The smallest absolute Gasteiger partial charge is 0.339 e. The van der Waals surface area contributed by atoms with Crippen LogP contribution in [0.25, 0.3) is 0 Å². The van der Waals surface area contributed by atoms with Crippen molar-refractivity contribution >= 4 is 11.9 Å². The van der Waals surface area contributed by atoms with Crippen molar-refractivity contribution in [1.82, 2.24) is 0 Å². The van der Waals surface area contributed by atoms with Crippen LogP contribution in [-0.2, 0) is 23.8 Å². The van der Waals surface area contributed by atoms with Crippen molar-refractivity contribution in [2.24, 2.45) is 5.92 Å². The Bertz CT molecular complexity index is 685. The molecule has 1 heterocycles. The zero-order valence-corrected chi connectivity index (χ0v) is 17.7. The van der Waals surface area contributed by atoms with E-state index >= 15 is 0 Å². The van der Waals surface area contributed by atoms with Crippen LogP contribution in [0, 0.1) is 5.92 Å². The van der Waals surface area contributed by atoms with Gasteiger partial charge in [-0.2, -0.15) is 0 Å². The second-order valence-electron chi connectivity index (χ2n) is 9.35. The maximum atomic E-state index is 12.9. The van der Waals surface area contributed by atoms with E-state index in [2.05, 4.69) is 0 Å². The number of carbonyl (C=O) groups is 2. The maximum Gasteiger partial charge on any atom is 0.339 e. The predicted molar refractivity (Wildman–Crippen MR) is 104 cm³/mol. The first kappa shape index (κ1) is 22.4. The van der Waals surface area contributed by atoms with Crippen LogP contribution in [0.4, 0.5) is 0 Å². The number of ether oxygens (including phenoxy) is 3. The van der Waals surface area contributed by atoms with Gasteiger partial charge in [0, 0.05) is 5.92 Å². The largest absolute Gasteiger partial charge is 0.460 e. The standard InChI is InChI=1S/C22H32O6/c1-20(2,3)27-18(23)13-22(25,19(24)28-21(4,5)6)16-12-17(26-14-16)15-10-8-7-9-11-15/h7-11,16-17,25H,12-14H2,1-6H3/t16-,17+,22+/m1/s1. The van der Waals surface area contributed by atoms with Crippen molar-refractivity contribution < 1.29 is 28.9 Å². The SMILES string of the molecule is CC(C)(C)OC(=O)C[C@@](O)(C(=O)OC(C)(C)C)[C@H]1CO[C@H](c2ccccc2)C1. The summed E-state index contributed by atoms with van der Waals surface area (Å²) in [6.45, 7) is 10.5. The molecule has 0 aliphatic carbocycles.